The Bertz CT molecular complexity index is 1190. The van der Waals surface area contributed by atoms with Crippen LogP contribution in [0.25, 0.3) is 10.9 Å². The molecule has 1 aromatic carbocycles. The summed E-state index contributed by atoms with van der Waals surface area (Å²) in [5.74, 6) is -1.41. The van der Waals surface area contributed by atoms with Crippen molar-refractivity contribution >= 4 is 43.9 Å². The van der Waals surface area contributed by atoms with Gasteiger partial charge in [-0.3, -0.25) is 4.72 Å². The number of hydrogen-bond acceptors (Lipinski definition) is 7. The lowest BCUT2D eigenvalue weighted by atomic mass is 10.2. The molecule has 3 rings (SSSR count). The van der Waals surface area contributed by atoms with Gasteiger partial charge in [0.05, 0.1) is 17.8 Å². The van der Waals surface area contributed by atoms with Crippen LogP contribution in [0.5, 0.6) is 5.75 Å². The smallest absolute Gasteiger partial charge is 0.461 e. The van der Waals surface area contributed by atoms with Gasteiger partial charge in [0.1, 0.15) is 22.4 Å². The Hall–Kier alpha value is -2.77. The predicted octanol–water partition coefficient (Wildman–Crippen LogP) is 4.18. The molecule has 0 atom stereocenters. The second kappa shape index (κ2) is 8.77. The second-order valence-electron chi connectivity index (χ2n) is 6.09. The lowest BCUT2D eigenvalue weighted by Crippen LogP contribution is -2.18. The number of thiophene rings is 1. The number of nitrogens with one attached hydrogen (secondary N) is 1. The minimum absolute atomic E-state index is 0.0283. The minimum atomic E-state index is -5.00. The van der Waals surface area contributed by atoms with Crippen molar-refractivity contribution in [3.05, 3.63) is 41.4 Å². The Kier molecular flexibility index (Phi) is 6.48. The molecule has 3 aromatic rings. The maximum atomic E-state index is 12.8. The van der Waals surface area contributed by atoms with Crippen LogP contribution in [0, 0.1) is 0 Å². The van der Waals surface area contributed by atoms with Crippen LogP contribution in [0.3, 0.4) is 0 Å². The van der Waals surface area contributed by atoms with Gasteiger partial charge in [-0.2, -0.15) is 0 Å². The van der Waals surface area contributed by atoms with Crippen LogP contribution in [0.15, 0.2) is 39.9 Å². The minimum Gasteiger partial charge on any atom is -0.461 e. The Morgan fingerprint density at radius 2 is 2.00 bits per heavy atom. The van der Waals surface area contributed by atoms with Crippen LogP contribution in [0.1, 0.15) is 17.4 Å². The Labute approximate surface area is 179 Å². The van der Waals surface area contributed by atoms with E-state index in [1.54, 1.807) is 12.3 Å². The summed E-state index contributed by atoms with van der Waals surface area (Å²) in [6.07, 6.45) is -5.00. The molecule has 2 heterocycles. The number of esters is 1. The highest BCUT2D eigenvalue weighted by Crippen LogP contribution is 2.36. The number of nitrogens with zero attached hydrogens (tertiary/aromatic N) is 1. The van der Waals surface area contributed by atoms with Gasteiger partial charge < -0.3 is 18.8 Å². The summed E-state index contributed by atoms with van der Waals surface area (Å²) in [6.45, 7) is 1.47. The Balaban J connectivity index is 2.24. The van der Waals surface area contributed by atoms with Gasteiger partial charge in [-0.1, -0.05) is 6.07 Å². The first-order chi connectivity index (χ1) is 14.6. The number of benzene rings is 1. The average Bonchev–Trinajstić information content (AvgIpc) is 3.29. The van der Waals surface area contributed by atoms with Gasteiger partial charge in [0.15, 0.2) is 0 Å². The fraction of sp³-hybridized carbons (Fsp3) is 0.278. The number of anilines is 1. The van der Waals surface area contributed by atoms with Crippen molar-refractivity contribution in [3.8, 4) is 5.75 Å². The first kappa shape index (κ1) is 22.9. The molecule has 13 heteroatoms. The zero-order chi connectivity index (χ0) is 22.8. The van der Waals surface area contributed by atoms with Crippen molar-refractivity contribution in [3.63, 3.8) is 0 Å². The standard InChI is InChI=1S/C18H17F3N2O6S2/c1-3-28-17(24)14-8-11-7-12(29-18(19,20)21)9-13(16(11)23(14)10-27-2)22-31(25,26)15-5-4-6-30-15/h4-9,22H,3,10H2,1-2H3. The quantitative estimate of drug-likeness (QED) is 0.488. The largest absolute Gasteiger partial charge is 0.573 e. The SMILES string of the molecule is CCOC(=O)c1cc2cc(OC(F)(F)F)cc(NS(=O)(=O)c3cccs3)c2n1COC. The molecule has 0 amide bonds. The van der Waals surface area contributed by atoms with Crippen molar-refractivity contribution in [2.24, 2.45) is 0 Å². The van der Waals surface area contributed by atoms with Crippen molar-refractivity contribution in [2.45, 2.75) is 24.2 Å². The molecular weight excluding hydrogens is 461 g/mol. The summed E-state index contributed by atoms with van der Waals surface area (Å²) in [5, 5.41) is 1.66. The van der Waals surface area contributed by atoms with E-state index in [4.69, 9.17) is 9.47 Å². The highest BCUT2D eigenvalue weighted by molar-refractivity contribution is 7.94. The van der Waals surface area contributed by atoms with E-state index in [1.807, 2.05) is 0 Å². The number of hydrogen-bond donors (Lipinski definition) is 1. The third kappa shape index (κ3) is 5.11. The number of ether oxygens (including phenoxy) is 3. The number of halogens is 3. The van der Waals surface area contributed by atoms with Crippen molar-refractivity contribution in [1.82, 2.24) is 4.57 Å². The lowest BCUT2D eigenvalue weighted by Gasteiger charge is -2.15. The zero-order valence-electron chi connectivity index (χ0n) is 16.2. The third-order valence-electron chi connectivity index (χ3n) is 3.95. The van der Waals surface area contributed by atoms with E-state index in [0.29, 0.717) is 0 Å². The number of sulfonamides is 1. The molecule has 0 saturated heterocycles. The van der Waals surface area contributed by atoms with Crippen LogP contribution < -0.4 is 9.46 Å². The number of alkyl halides is 3. The molecule has 0 fully saturated rings. The van der Waals surface area contributed by atoms with E-state index >= 15 is 0 Å². The topological polar surface area (TPSA) is 95.9 Å². The van der Waals surface area contributed by atoms with E-state index in [9.17, 15) is 26.4 Å². The summed E-state index contributed by atoms with van der Waals surface area (Å²) < 4.78 is 81.5. The highest BCUT2D eigenvalue weighted by atomic mass is 32.2. The van der Waals surface area contributed by atoms with E-state index < -0.39 is 28.1 Å². The molecule has 168 valence electrons. The first-order valence-electron chi connectivity index (χ1n) is 8.71. The summed E-state index contributed by atoms with van der Waals surface area (Å²) in [7, 11) is -2.77. The van der Waals surface area contributed by atoms with Crippen LogP contribution in [0.2, 0.25) is 0 Å². The molecule has 0 unspecified atom stereocenters. The molecule has 31 heavy (non-hydrogen) atoms. The van der Waals surface area contributed by atoms with E-state index in [1.165, 1.54) is 29.9 Å². The van der Waals surface area contributed by atoms with Gasteiger partial charge in [-0.15, -0.1) is 24.5 Å². The third-order valence-corrected chi connectivity index (χ3v) is 6.71. The number of rotatable bonds is 8. The lowest BCUT2D eigenvalue weighted by molar-refractivity contribution is -0.274. The Morgan fingerprint density at radius 3 is 2.58 bits per heavy atom. The molecule has 8 nitrogen and oxygen atoms in total. The average molecular weight is 478 g/mol. The van der Waals surface area contributed by atoms with Gasteiger partial charge in [0, 0.05) is 18.6 Å². The van der Waals surface area contributed by atoms with Crippen LogP contribution in [-0.2, 0) is 26.2 Å². The van der Waals surface area contributed by atoms with Crippen molar-refractivity contribution in [2.75, 3.05) is 18.4 Å². The number of aromatic nitrogens is 1. The number of fused-ring (bicyclic) bond motifs is 1. The molecule has 0 aliphatic carbocycles. The van der Waals surface area contributed by atoms with Gasteiger partial charge in [-0.25, -0.2) is 13.2 Å². The number of carbonyl (C=O) groups is 1. The summed E-state index contributed by atoms with van der Waals surface area (Å²) in [4.78, 5) is 12.4. The molecule has 0 saturated carbocycles. The van der Waals surface area contributed by atoms with Gasteiger partial charge in [-0.05, 0) is 30.5 Å². The fourth-order valence-electron chi connectivity index (χ4n) is 2.91. The molecule has 0 radical (unpaired) electrons. The zero-order valence-corrected chi connectivity index (χ0v) is 17.9. The molecule has 0 spiro atoms. The van der Waals surface area contributed by atoms with Crippen molar-refractivity contribution < 1.29 is 40.6 Å². The molecule has 0 bridgehead atoms. The molecule has 2 aromatic heterocycles. The second-order valence-corrected chi connectivity index (χ2v) is 8.95. The van der Waals surface area contributed by atoms with E-state index in [-0.39, 0.29) is 39.8 Å². The molecule has 1 N–H and O–H groups in total. The van der Waals surface area contributed by atoms with Gasteiger partial charge in [0.25, 0.3) is 10.0 Å². The van der Waals surface area contributed by atoms with Crippen LogP contribution >= 0.6 is 11.3 Å². The fourth-order valence-corrected chi connectivity index (χ4v) is 4.96. The molecule has 0 aliphatic heterocycles. The van der Waals surface area contributed by atoms with Crippen LogP contribution in [-0.4, -0.2) is 39.0 Å². The number of methoxy groups -OCH3 is 1. The normalized spacial score (nSPS) is 12.2. The summed E-state index contributed by atoms with van der Waals surface area (Å²) >= 11 is 0.933. The van der Waals surface area contributed by atoms with Gasteiger partial charge in [0.2, 0.25) is 0 Å². The monoisotopic (exact) mass is 478 g/mol. The maximum absolute atomic E-state index is 12.8. The van der Waals surface area contributed by atoms with E-state index in [0.717, 1.165) is 23.5 Å². The Morgan fingerprint density at radius 1 is 1.26 bits per heavy atom. The highest BCUT2D eigenvalue weighted by Gasteiger charge is 2.32. The van der Waals surface area contributed by atoms with Gasteiger partial charge >= 0.3 is 12.3 Å². The van der Waals surface area contributed by atoms with Crippen molar-refractivity contribution in [1.29, 1.82) is 0 Å². The first-order valence-corrected chi connectivity index (χ1v) is 11.1. The van der Waals surface area contributed by atoms with E-state index in [2.05, 4.69) is 9.46 Å². The summed E-state index contributed by atoms with van der Waals surface area (Å²) in [6, 6.07) is 6.07. The summed E-state index contributed by atoms with van der Waals surface area (Å²) in [5.41, 5.74) is -0.128. The van der Waals surface area contributed by atoms with Crippen LogP contribution in [0.4, 0.5) is 18.9 Å². The molecule has 0 aliphatic rings. The maximum Gasteiger partial charge on any atom is 0.573 e. The predicted molar refractivity (Wildman–Crippen MR) is 107 cm³/mol. The molecular formula is C18H17F3N2O6S2. The number of carbonyl (C=O) groups excluding carboxylic acids is 1.